The number of aromatic nitrogens is 1. The van der Waals surface area contributed by atoms with Crippen LogP contribution in [0.4, 0.5) is 5.13 Å². The number of hydrogen-bond acceptors (Lipinski definition) is 12. The zero-order chi connectivity index (χ0) is 31.2. The molecule has 0 spiro atoms. The van der Waals surface area contributed by atoms with Crippen LogP contribution < -0.4 is 11.1 Å². The number of esters is 2. The Morgan fingerprint density at radius 3 is 2.32 bits per heavy atom. The molecule has 0 aliphatic carbocycles. The number of oxime groups is 1. The van der Waals surface area contributed by atoms with Crippen molar-refractivity contribution in [3.05, 3.63) is 94.6 Å². The number of ether oxygens (including phenoxy) is 2. The number of rotatable bonds is 11. The maximum absolute atomic E-state index is 13.3. The summed E-state index contributed by atoms with van der Waals surface area (Å²) in [7, 11) is 1.28. The monoisotopic (exact) mass is 635 g/mol. The van der Waals surface area contributed by atoms with Gasteiger partial charge in [-0.3, -0.25) is 14.5 Å². The molecule has 14 heteroatoms. The van der Waals surface area contributed by atoms with E-state index < -0.39 is 47.4 Å². The van der Waals surface area contributed by atoms with Crippen LogP contribution in [0.2, 0.25) is 0 Å². The summed E-state index contributed by atoms with van der Waals surface area (Å²) in [5.74, 6) is -2.38. The van der Waals surface area contributed by atoms with Crippen molar-refractivity contribution >= 4 is 57.7 Å². The molecule has 228 valence electrons. The zero-order valence-corrected chi connectivity index (χ0v) is 25.4. The molecule has 3 heterocycles. The molecule has 3 atom stereocenters. The number of β-lactam (4-membered cyclic amide) rings is 1. The molecule has 1 fully saturated rings. The molecule has 2 amide bonds. The number of nitrogens with two attached hydrogens (primary N) is 1. The lowest BCUT2D eigenvalue weighted by atomic mass is 10.0. The van der Waals surface area contributed by atoms with E-state index >= 15 is 0 Å². The number of nitrogens with zero attached hydrogens (tertiary/aromatic N) is 3. The number of fused-ring (bicyclic) bond motifs is 1. The topological polar surface area (TPSA) is 163 Å². The van der Waals surface area contributed by atoms with E-state index in [0.717, 1.165) is 22.5 Å². The average molecular weight is 636 g/mol. The van der Waals surface area contributed by atoms with Crippen LogP contribution >= 0.6 is 23.1 Å². The van der Waals surface area contributed by atoms with Gasteiger partial charge >= 0.3 is 11.9 Å². The highest BCUT2D eigenvalue weighted by Gasteiger charge is 2.53. The molecule has 44 heavy (non-hydrogen) atoms. The molecule has 2 aliphatic rings. The Labute approximate surface area is 261 Å². The number of carbonyl (C=O) groups excluding carboxylic acids is 4. The molecule has 12 nitrogen and oxygen atoms in total. The number of thiazole rings is 1. The molecular formula is C30H29N5O7S2. The largest absolute Gasteiger partial charge is 0.450 e. The Morgan fingerprint density at radius 1 is 1.09 bits per heavy atom. The van der Waals surface area contributed by atoms with Crippen molar-refractivity contribution in [2.45, 2.75) is 37.0 Å². The van der Waals surface area contributed by atoms with E-state index in [0.29, 0.717) is 5.75 Å². The van der Waals surface area contributed by atoms with Crippen molar-refractivity contribution < 1.29 is 33.5 Å². The van der Waals surface area contributed by atoms with E-state index in [-0.39, 0.29) is 28.7 Å². The van der Waals surface area contributed by atoms with Crippen LogP contribution in [0.5, 0.6) is 0 Å². The fourth-order valence-corrected chi connectivity index (χ4v) is 6.44. The molecule has 3 aromatic rings. The number of thioether (sulfide) groups is 1. The Kier molecular flexibility index (Phi) is 9.60. The molecule has 2 aromatic carbocycles. The Morgan fingerprint density at radius 2 is 1.75 bits per heavy atom. The summed E-state index contributed by atoms with van der Waals surface area (Å²) >= 11 is 2.48. The third-order valence-electron chi connectivity index (χ3n) is 6.83. The maximum atomic E-state index is 13.3. The van der Waals surface area contributed by atoms with Crippen molar-refractivity contribution in [1.29, 1.82) is 0 Å². The third kappa shape index (κ3) is 6.45. The Balaban J connectivity index is 1.25. The van der Waals surface area contributed by atoms with Gasteiger partial charge in [0.15, 0.2) is 23.1 Å². The molecule has 2 aliphatic heterocycles. The highest BCUT2D eigenvalue weighted by molar-refractivity contribution is 8.00. The summed E-state index contributed by atoms with van der Waals surface area (Å²) < 4.78 is 11.5. The fourth-order valence-electron chi connectivity index (χ4n) is 4.70. The van der Waals surface area contributed by atoms with Gasteiger partial charge in [0.05, 0.1) is 0 Å². The number of anilines is 1. The first kappa shape index (κ1) is 30.8. The van der Waals surface area contributed by atoms with E-state index in [4.69, 9.17) is 20.0 Å². The van der Waals surface area contributed by atoms with Crippen molar-refractivity contribution in [1.82, 2.24) is 15.2 Å². The summed E-state index contributed by atoms with van der Waals surface area (Å²) in [5, 5.41) is 7.60. The van der Waals surface area contributed by atoms with E-state index in [9.17, 15) is 19.2 Å². The van der Waals surface area contributed by atoms with Crippen LogP contribution in [0.3, 0.4) is 0 Å². The summed E-state index contributed by atoms with van der Waals surface area (Å²) in [5.41, 5.74) is 7.27. The minimum Gasteiger partial charge on any atom is -0.450 e. The summed E-state index contributed by atoms with van der Waals surface area (Å²) in [6.45, 7) is 1.70. The van der Waals surface area contributed by atoms with Crippen LogP contribution in [0.25, 0.3) is 0 Å². The lowest BCUT2D eigenvalue weighted by Gasteiger charge is -2.48. The van der Waals surface area contributed by atoms with E-state index in [2.05, 4.69) is 15.5 Å². The van der Waals surface area contributed by atoms with Gasteiger partial charge in [-0.25, -0.2) is 14.6 Å². The third-order valence-corrected chi connectivity index (χ3v) is 8.68. The second-order valence-electron chi connectivity index (χ2n) is 9.61. The first-order chi connectivity index (χ1) is 21.3. The molecule has 1 saturated heterocycles. The summed E-state index contributed by atoms with van der Waals surface area (Å²) in [6.07, 6.45) is -0.205. The SMILES string of the molecule is CCC(OC(=O)C1=CCS[C@@H]2C(NC(=O)C(=NOC)c3csc(N)n3)C(=O)N12)C(=O)OC(c1ccccc1)c1ccccc1. The Hall–Kier alpha value is -4.69. The zero-order valence-electron chi connectivity index (χ0n) is 23.7. The number of hydrogen-bond donors (Lipinski definition) is 2. The standard InChI is InChI=1S/C30H29N5O7S2/c1-3-21(29(39)42-24(17-10-6-4-7-11-17)18-12-8-5-9-13-18)41-28(38)20-14-15-43-27-23(26(37)35(20)27)33-25(36)22(34-40-2)19-16-44-30(31)32-19/h4-14,16,21,23-24,27H,3,15H2,1-2H3,(H2,31,32)(H,33,36)/t21?,23?,27-/m1/s1. The van der Waals surface area contributed by atoms with Gasteiger partial charge in [-0.2, -0.15) is 0 Å². The highest BCUT2D eigenvalue weighted by atomic mass is 32.2. The first-order valence-electron chi connectivity index (χ1n) is 13.6. The van der Waals surface area contributed by atoms with Crippen molar-refractivity contribution in [2.24, 2.45) is 5.16 Å². The second-order valence-corrected chi connectivity index (χ2v) is 11.6. The number of carbonyl (C=O) groups is 4. The quantitative estimate of drug-likeness (QED) is 0.139. The molecule has 0 saturated carbocycles. The highest BCUT2D eigenvalue weighted by Crippen LogP contribution is 2.38. The predicted molar refractivity (Wildman–Crippen MR) is 164 cm³/mol. The van der Waals surface area contributed by atoms with E-state index in [1.54, 1.807) is 18.4 Å². The summed E-state index contributed by atoms with van der Waals surface area (Å²) in [4.78, 5) is 62.9. The summed E-state index contributed by atoms with van der Waals surface area (Å²) in [6, 6.07) is 17.6. The molecule has 0 radical (unpaired) electrons. The first-order valence-corrected chi connectivity index (χ1v) is 15.5. The van der Waals surface area contributed by atoms with Crippen LogP contribution in [0.15, 0.2) is 83.0 Å². The number of nitrogen functional groups attached to an aromatic ring is 1. The minimum atomic E-state index is -1.21. The predicted octanol–water partition coefficient (Wildman–Crippen LogP) is 3.01. The van der Waals surface area contributed by atoms with Crippen molar-refractivity contribution in [3.63, 3.8) is 0 Å². The number of benzene rings is 2. The van der Waals surface area contributed by atoms with Gasteiger partial charge in [-0.15, -0.1) is 23.1 Å². The van der Waals surface area contributed by atoms with Crippen LogP contribution in [-0.2, 0) is 33.5 Å². The van der Waals surface area contributed by atoms with Crippen LogP contribution in [0.1, 0.15) is 36.3 Å². The molecule has 1 aromatic heterocycles. The van der Waals surface area contributed by atoms with Gasteiger partial charge in [0, 0.05) is 11.1 Å². The van der Waals surface area contributed by atoms with Crippen molar-refractivity contribution in [3.8, 4) is 0 Å². The fraction of sp³-hybridized carbons (Fsp3) is 0.267. The lowest BCUT2D eigenvalue weighted by Crippen LogP contribution is -2.70. The number of amides is 2. The molecule has 3 N–H and O–H groups in total. The molecular weight excluding hydrogens is 606 g/mol. The van der Waals surface area contributed by atoms with Crippen LogP contribution in [0, 0.1) is 0 Å². The van der Waals surface area contributed by atoms with Gasteiger partial charge in [0.1, 0.15) is 29.9 Å². The molecule has 5 rings (SSSR count). The van der Waals surface area contributed by atoms with E-state index in [1.807, 2.05) is 60.7 Å². The molecule has 2 unspecified atom stereocenters. The lowest BCUT2D eigenvalue weighted by molar-refractivity contribution is -0.170. The second kappa shape index (κ2) is 13.7. The Bertz CT molecular complexity index is 1560. The van der Waals surface area contributed by atoms with Crippen LogP contribution in [-0.4, -0.2) is 69.7 Å². The van der Waals surface area contributed by atoms with Gasteiger partial charge in [0.2, 0.25) is 0 Å². The van der Waals surface area contributed by atoms with Gasteiger partial charge < -0.3 is 25.4 Å². The van der Waals surface area contributed by atoms with Gasteiger partial charge in [0.25, 0.3) is 11.8 Å². The van der Waals surface area contributed by atoms with Gasteiger partial charge in [-0.05, 0) is 23.6 Å². The average Bonchev–Trinajstić information content (AvgIpc) is 3.49. The minimum absolute atomic E-state index is 0.00350. The maximum Gasteiger partial charge on any atom is 0.355 e. The smallest absolute Gasteiger partial charge is 0.355 e. The molecule has 0 bridgehead atoms. The van der Waals surface area contributed by atoms with E-state index in [1.165, 1.54) is 23.8 Å². The van der Waals surface area contributed by atoms with Crippen molar-refractivity contribution in [2.75, 3.05) is 18.6 Å². The number of nitrogens with one attached hydrogen (secondary N) is 1. The van der Waals surface area contributed by atoms with Gasteiger partial charge in [-0.1, -0.05) is 72.7 Å². The normalized spacial score (nSPS) is 18.4.